The molecule has 0 unspecified atom stereocenters. The summed E-state index contributed by atoms with van der Waals surface area (Å²) in [6.07, 6.45) is 3.34. The van der Waals surface area contributed by atoms with Gasteiger partial charge in [-0.2, -0.15) is 5.10 Å². The summed E-state index contributed by atoms with van der Waals surface area (Å²) in [5, 5.41) is 19.8. The minimum Gasteiger partial charge on any atom is -0.508 e. The fourth-order valence-electron chi connectivity index (χ4n) is 2.82. The molecule has 5 aromatic rings. The number of aromatic nitrogens is 6. The van der Waals surface area contributed by atoms with Crippen LogP contribution in [0.25, 0.3) is 33.8 Å². The normalized spacial score (nSPS) is 11.4. The van der Waals surface area contributed by atoms with Gasteiger partial charge in [0.1, 0.15) is 12.1 Å². The Kier molecular flexibility index (Phi) is 3.16. The lowest BCUT2D eigenvalue weighted by Crippen LogP contribution is -1.98. The molecule has 0 spiro atoms. The van der Waals surface area contributed by atoms with Crippen molar-refractivity contribution in [3.63, 3.8) is 0 Å². The highest BCUT2D eigenvalue weighted by molar-refractivity contribution is 6.30. The van der Waals surface area contributed by atoms with Crippen molar-refractivity contribution in [1.29, 1.82) is 0 Å². The van der Waals surface area contributed by atoms with Crippen molar-refractivity contribution in [3.05, 3.63) is 66.1 Å². The Morgan fingerprint density at radius 3 is 2.46 bits per heavy atom. The van der Waals surface area contributed by atoms with Gasteiger partial charge in [-0.15, -0.1) is 5.10 Å². The Morgan fingerprint density at radius 2 is 1.69 bits per heavy atom. The van der Waals surface area contributed by atoms with Crippen molar-refractivity contribution in [3.8, 4) is 22.8 Å². The summed E-state index contributed by atoms with van der Waals surface area (Å²) in [5.41, 5.74) is 3.02. The molecule has 0 bridgehead atoms. The standard InChI is InChI=1S/C18H11ClN6O/c19-12-3-5-13(6-4-12)25-17-15(9-21-25)18-22-16(23-24(18)10-20-17)11-1-7-14(26)8-2-11/h1-10,26H. The van der Waals surface area contributed by atoms with Crippen LogP contribution in [0, 0.1) is 0 Å². The van der Waals surface area contributed by atoms with E-state index in [4.69, 9.17) is 11.6 Å². The van der Waals surface area contributed by atoms with Gasteiger partial charge in [-0.05, 0) is 48.5 Å². The smallest absolute Gasteiger partial charge is 0.182 e. The van der Waals surface area contributed by atoms with Gasteiger partial charge in [0.2, 0.25) is 0 Å². The van der Waals surface area contributed by atoms with E-state index in [1.807, 2.05) is 24.3 Å². The molecule has 0 saturated carbocycles. The van der Waals surface area contributed by atoms with Crippen LogP contribution >= 0.6 is 11.6 Å². The highest BCUT2D eigenvalue weighted by Gasteiger charge is 2.14. The third-order valence-electron chi connectivity index (χ3n) is 4.10. The zero-order chi connectivity index (χ0) is 17.7. The highest BCUT2D eigenvalue weighted by atomic mass is 35.5. The summed E-state index contributed by atoms with van der Waals surface area (Å²) in [6.45, 7) is 0. The molecule has 0 atom stereocenters. The van der Waals surface area contributed by atoms with Crippen molar-refractivity contribution in [2.75, 3.05) is 0 Å². The van der Waals surface area contributed by atoms with Gasteiger partial charge in [-0.3, -0.25) is 0 Å². The summed E-state index contributed by atoms with van der Waals surface area (Å²) in [7, 11) is 0. The molecule has 0 aliphatic rings. The summed E-state index contributed by atoms with van der Waals surface area (Å²) in [4.78, 5) is 9.09. The van der Waals surface area contributed by atoms with Crippen LogP contribution < -0.4 is 0 Å². The first kappa shape index (κ1) is 14.9. The lowest BCUT2D eigenvalue weighted by Gasteiger charge is -2.02. The molecule has 0 saturated heterocycles. The molecule has 0 aliphatic carbocycles. The van der Waals surface area contributed by atoms with Crippen LogP contribution in [0.15, 0.2) is 61.1 Å². The maximum absolute atomic E-state index is 9.44. The summed E-state index contributed by atoms with van der Waals surface area (Å²) >= 11 is 5.96. The van der Waals surface area contributed by atoms with Crippen molar-refractivity contribution in [2.24, 2.45) is 0 Å². The maximum Gasteiger partial charge on any atom is 0.182 e. The van der Waals surface area contributed by atoms with Crippen molar-refractivity contribution in [2.45, 2.75) is 0 Å². The third kappa shape index (κ3) is 2.29. The number of phenolic OH excluding ortho intramolecular Hbond substituents is 1. The molecule has 1 N–H and O–H groups in total. The van der Waals surface area contributed by atoms with Crippen LogP contribution in [0.3, 0.4) is 0 Å². The van der Waals surface area contributed by atoms with Crippen LogP contribution in [-0.4, -0.2) is 34.5 Å². The molecular weight excluding hydrogens is 352 g/mol. The molecule has 126 valence electrons. The topological polar surface area (TPSA) is 81.1 Å². The van der Waals surface area contributed by atoms with Gasteiger partial charge in [0.15, 0.2) is 17.1 Å². The predicted molar refractivity (Wildman–Crippen MR) is 97.5 cm³/mol. The van der Waals surface area contributed by atoms with Crippen molar-refractivity contribution in [1.82, 2.24) is 29.4 Å². The van der Waals surface area contributed by atoms with E-state index in [1.165, 1.54) is 0 Å². The number of hydrogen-bond acceptors (Lipinski definition) is 5. The SMILES string of the molecule is Oc1ccc(-c2nc3c4cnn(-c5ccc(Cl)cc5)c4ncn3n2)cc1. The van der Waals surface area contributed by atoms with Gasteiger partial charge in [0.05, 0.1) is 17.3 Å². The molecule has 7 nitrogen and oxygen atoms in total. The molecule has 0 aliphatic heterocycles. The Morgan fingerprint density at radius 1 is 0.923 bits per heavy atom. The number of fused-ring (bicyclic) bond motifs is 3. The number of halogens is 1. The van der Waals surface area contributed by atoms with Crippen LogP contribution in [0.5, 0.6) is 5.75 Å². The average Bonchev–Trinajstić information content (AvgIpc) is 3.26. The minimum absolute atomic E-state index is 0.200. The van der Waals surface area contributed by atoms with E-state index in [1.54, 1.807) is 46.0 Å². The quantitative estimate of drug-likeness (QED) is 0.520. The lowest BCUT2D eigenvalue weighted by atomic mass is 10.2. The van der Waals surface area contributed by atoms with Gasteiger partial charge >= 0.3 is 0 Å². The van der Waals surface area contributed by atoms with E-state index in [2.05, 4.69) is 20.2 Å². The van der Waals surface area contributed by atoms with E-state index >= 15 is 0 Å². The first-order chi connectivity index (χ1) is 12.7. The first-order valence-electron chi connectivity index (χ1n) is 7.83. The van der Waals surface area contributed by atoms with Gasteiger partial charge in [-0.25, -0.2) is 19.2 Å². The second-order valence-electron chi connectivity index (χ2n) is 5.77. The van der Waals surface area contributed by atoms with Crippen LogP contribution in [0.1, 0.15) is 0 Å². The minimum atomic E-state index is 0.200. The second-order valence-corrected chi connectivity index (χ2v) is 6.20. The molecule has 3 aromatic heterocycles. The summed E-state index contributed by atoms with van der Waals surface area (Å²) < 4.78 is 3.36. The molecule has 0 radical (unpaired) electrons. The van der Waals surface area contributed by atoms with Gasteiger partial charge in [-0.1, -0.05) is 11.6 Å². The lowest BCUT2D eigenvalue weighted by molar-refractivity contribution is 0.475. The maximum atomic E-state index is 9.44. The average molecular weight is 363 g/mol. The van der Waals surface area contributed by atoms with Crippen LogP contribution in [0.2, 0.25) is 5.02 Å². The number of rotatable bonds is 2. The molecule has 5 rings (SSSR count). The molecule has 3 heterocycles. The molecule has 26 heavy (non-hydrogen) atoms. The third-order valence-corrected chi connectivity index (χ3v) is 4.35. The zero-order valence-electron chi connectivity index (χ0n) is 13.3. The highest BCUT2D eigenvalue weighted by Crippen LogP contribution is 2.24. The van der Waals surface area contributed by atoms with Crippen LogP contribution in [0.4, 0.5) is 0 Å². The van der Waals surface area contributed by atoms with E-state index in [0.717, 1.165) is 16.6 Å². The second kappa shape index (κ2) is 5.53. The monoisotopic (exact) mass is 362 g/mol. The number of nitrogens with zero attached hydrogens (tertiary/aromatic N) is 6. The number of hydrogen-bond donors (Lipinski definition) is 1. The Bertz CT molecular complexity index is 1240. The molecule has 8 heteroatoms. The van der Waals surface area contributed by atoms with Gasteiger partial charge in [0.25, 0.3) is 0 Å². The fourth-order valence-corrected chi connectivity index (χ4v) is 2.95. The fraction of sp³-hybridized carbons (Fsp3) is 0. The van der Waals surface area contributed by atoms with Crippen molar-refractivity contribution >= 4 is 28.3 Å². The number of benzene rings is 2. The van der Waals surface area contributed by atoms with E-state index < -0.39 is 0 Å². The molecule has 0 amide bonds. The summed E-state index contributed by atoms with van der Waals surface area (Å²) in [6, 6.07) is 14.1. The molecule has 0 fully saturated rings. The van der Waals surface area contributed by atoms with Gasteiger partial charge < -0.3 is 5.11 Å². The number of aromatic hydroxyl groups is 1. The van der Waals surface area contributed by atoms with E-state index in [0.29, 0.717) is 22.1 Å². The Labute approximate surface area is 152 Å². The predicted octanol–water partition coefficient (Wildman–Crippen LogP) is 3.49. The van der Waals surface area contributed by atoms with E-state index in [-0.39, 0.29) is 5.75 Å². The largest absolute Gasteiger partial charge is 0.508 e. The van der Waals surface area contributed by atoms with Crippen LogP contribution in [-0.2, 0) is 0 Å². The summed E-state index contributed by atoms with van der Waals surface area (Å²) in [5.74, 6) is 0.754. The van der Waals surface area contributed by atoms with Crippen molar-refractivity contribution < 1.29 is 5.11 Å². The van der Waals surface area contributed by atoms with Gasteiger partial charge in [0, 0.05) is 10.6 Å². The Hall–Kier alpha value is -3.45. The molecular formula is C18H11ClN6O. The Balaban J connectivity index is 1.68. The molecule has 2 aromatic carbocycles. The first-order valence-corrected chi connectivity index (χ1v) is 8.21. The van der Waals surface area contributed by atoms with E-state index in [9.17, 15) is 5.11 Å². The number of phenols is 1. The zero-order valence-corrected chi connectivity index (χ0v) is 14.0.